The van der Waals surface area contributed by atoms with E-state index in [4.69, 9.17) is 23.2 Å². The van der Waals surface area contributed by atoms with Crippen LogP contribution in [-0.2, 0) is 10.3 Å². The maximum atomic E-state index is 14.5. The van der Waals surface area contributed by atoms with E-state index in [1.54, 1.807) is 29.4 Å². The third-order valence-corrected chi connectivity index (χ3v) is 5.80. The Labute approximate surface area is 198 Å². The maximum absolute atomic E-state index is 14.5. The highest BCUT2D eigenvalue weighted by Gasteiger charge is 2.68. The van der Waals surface area contributed by atoms with Gasteiger partial charge in [0.1, 0.15) is 11.4 Å². The highest BCUT2D eigenvalue weighted by Crippen LogP contribution is 2.45. The minimum absolute atomic E-state index is 0.0773. The summed E-state index contributed by atoms with van der Waals surface area (Å²) in [6, 6.07) is 9.41. The fourth-order valence-electron chi connectivity index (χ4n) is 3.63. The van der Waals surface area contributed by atoms with Crippen LogP contribution in [0.4, 0.5) is 19.0 Å². The lowest BCUT2D eigenvalue weighted by atomic mass is 9.91. The van der Waals surface area contributed by atoms with Gasteiger partial charge in [0.15, 0.2) is 0 Å². The van der Waals surface area contributed by atoms with E-state index >= 15 is 0 Å². The van der Waals surface area contributed by atoms with Crippen molar-refractivity contribution in [2.45, 2.75) is 18.6 Å². The van der Waals surface area contributed by atoms with E-state index in [1.807, 2.05) is 5.32 Å². The molecule has 0 spiro atoms. The Morgan fingerprint density at radius 2 is 1.71 bits per heavy atom. The number of aromatic nitrogens is 2. The lowest BCUT2D eigenvalue weighted by molar-refractivity contribution is -0.196. The van der Waals surface area contributed by atoms with Crippen molar-refractivity contribution in [3.05, 3.63) is 90.0 Å². The summed E-state index contributed by atoms with van der Waals surface area (Å²) in [7, 11) is 0. The average molecular weight is 513 g/mol. The highest BCUT2D eigenvalue weighted by atomic mass is 35.5. The molecule has 1 aliphatic heterocycles. The molecular formula is C21H13Cl2F3N4O4. The van der Waals surface area contributed by atoms with Crippen molar-refractivity contribution >= 4 is 40.8 Å². The molecule has 2 amide bonds. The van der Waals surface area contributed by atoms with Gasteiger partial charge in [-0.3, -0.25) is 19.4 Å². The Morgan fingerprint density at radius 1 is 1.06 bits per heavy atom. The summed E-state index contributed by atoms with van der Waals surface area (Å²) < 4.78 is 44.2. The van der Waals surface area contributed by atoms with Crippen molar-refractivity contribution in [3.63, 3.8) is 0 Å². The van der Waals surface area contributed by atoms with Gasteiger partial charge in [-0.15, -0.1) is 0 Å². The number of benzene rings is 2. The third-order valence-electron chi connectivity index (χ3n) is 5.25. The molecule has 0 bridgehead atoms. The number of carbonyl (C=O) groups excluding carboxylic acids is 2. The van der Waals surface area contributed by atoms with Crippen molar-refractivity contribution < 1.29 is 22.8 Å². The van der Waals surface area contributed by atoms with Crippen LogP contribution in [0.2, 0.25) is 10.0 Å². The Balaban J connectivity index is 1.97. The van der Waals surface area contributed by atoms with Crippen molar-refractivity contribution in [2.24, 2.45) is 0 Å². The number of fused-ring (bicyclic) bond motifs is 1. The van der Waals surface area contributed by atoms with Gasteiger partial charge in [0.2, 0.25) is 0 Å². The molecule has 0 fully saturated rings. The average Bonchev–Trinajstić information content (AvgIpc) is 3.02. The maximum Gasteiger partial charge on any atom is 0.425 e. The molecule has 1 aliphatic rings. The van der Waals surface area contributed by atoms with Crippen LogP contribution >= 0.6 is 23.2 Å². The molecule has 3 N–H and O–H groups in total. The van der Waals surface area contributed by atoms with Gasteiger partial charge in [-0.05, 0) is 37.3 Å². The molecule has 3 aromatic rings. The molecule has 176 valence electrons. The number of amides is 2. The third kappa shape index (κ3) is 3.57. The van der Waals surface area contributed by atoms with Crippen LogP contribution in [0.3, 0.4) is 0 Å². The SMILES string of the molecule is Cc1ccc(-n2c3c(c(=O)[nH]c2=O)C(NC(=O)c2ccc(Cl)cc2Cl)(C(F)(F)F)C(=O)N3)cc1. The molecule has 1 aromatic heterocycles. The van der Waals surface area contributed by atoms with E-state index in [-0.39, 0.29) is 15.7 Å². The topological polar surface area (TPSA) is 113 Å². The van der Waals surface area contributed by atoms with Gasteiger partial charge in [-0.2, -0.15) is 13.2 Å². The van der Waals surface area contributed by atoms with Crippen molar-refractivity contribution in [3.8, 4) is 5.69 Å². The van der Waals surface area contributed by atoms with E-state index < -0.39 is 51.7 Å². The molecule has 8 nitrogen and oxygen atoms in total. The van der Waals surface area contributed by atoms with Crippen LogP contribution in [0, 0.1) is 6.92 Å². The molecule has 0 radical (unpaired) electrons. The molecule has 2 aromatic carbocycles. The van der Waals surface area contributed by atoms with Gasteiger partial charge < -0.3 is 10.6 Å². The van der Waals surface area contributed by atoms with Gasteiger partial charge in [0.05, 0.1) is 16.3 Å². The molecule has 2 heterocycles. The van der Waals surface area contributed by atoms with Gasteiger partial charge >= 0.3 is 11.9 Å². The molecule has 1 unspecified atom stereocenters. The second kappa shape index (κ2) is 8.03. The van der Waals surface area contributed by atoms with Crippen LogP contribution in [0.5, 0.6) is 0 Å². The summed E-state index contributed by atoms with van der Waals surface area (Å²) >= 11 is 11.7. The van der Waals surface area contributed by atoms with E-state index in [9.17, 15) is 32.3 Å². The van der Waals surface area contributed by atoms with Crippen LogP contribution < -0.4 is 21.9 Å². The predicted octanol–water partition coefficient (Wildman–Crippen LogP) is 3.28. The second-order valence-corrected chi connectivity index (χ2v) is 8.28. The number of hydrogen-bond donors (Lipinski definition) is 3. The first-order chi connectivity index (χ1) is 15.9. The lowest BCUT2D eigenvalue weighted by Crippen LogP contribution is -2.62. The van der Waals surface area contributed by atoms with Crippen molar-refractivity contribution in [2.75, 3.05) is 5.32 Å². The fourth-order valence-corrected chi connectivity index (χ4v) is 4.12. The van der Waals surface area contributed by atoms with E-state index in [2.05, 4.69) is 0 Å². The number of rotatable bonds is 3. The number of H-pyrrole nitrogens is 1. The number of carbonyl (C=O) groups is 2. The fraction of sp³-hybridized carbons (Fsp3) is 0.143. The first-order valence-electron chi connectivity index (χ1n) is 9.49. The number of nitrogens with zero attached hydrogens (tertiary/aromatic N) is 1. The van der Waals surface area contributed by atoms with E-state index in [0.717, 1.165) is 17.7 Å². The number of alkyl halides is 3. The van der Waals surface area contributed by atoms with Crippen LogP contribution in [-0.4, -0.2) is 27.5 Å². The van der Waals surface area contributed by atoms with Gasteiger partial charge in [-0.1, -0.05) is 40.9 Å². The molecule has 0 saturated heterocycles. The second-order valence-electron chi connectivity index (χ2n) is 7.43. The summed E-state index contributed by atoms with van der Waals surface area (Å²) in [5.41, 5.74) is -7.13. The lowest BCUT2D eigenvalue weighted by Gasteiger charge is -2.30. The standard InChI is InChI=1S/C21H13Cl2F3N4O4/c1-9-2-5-11(6-3-9)30-15-14(17(32)28-19(30)34)20(18(33)27-15,21(24,25)26)29-16(31)12-7-4-10(22)8-13(12)23/h2-8H,1H3,(H,27,33)(H,29,31)(H,28,32,34). The first-order valence-corrected chi connectivity index (χ1v) is 10.2. The Hall–Kier alpha value is -3.57. The summed E-state index contributed by atoms with van der Waals surface area (Å²) in [4.78, 5) is 52.6. The number of aromatic amines is 1. The molecule has 34 heavy (non-hydrogen) atoms. The monoisotopic (exact) mass is 512 g/mol. The summed E-state index contributed by atoms with van der Waals surface area (Å²) in [5.74, 6) is -3.89. The summed E-state index contributed by atoms with van der Waals surface area (Å²) in [6.07, 6.45) is -5.49. The molecule has 13 heteroatoms. The highest BCUT2D eigenvalue weighted by molar-refractivity contribution is 6.36. The predicted molar refractivity (Wildman–Crippen MR) is 118 cm³/mol. The number of aryl methyl sites for hydroxylation is 1. The zero-order valence-corrected chi connectivity index (χ0v) is 18.5. The van der Waals surface area contributed by atoms with E-state index in [1.165, 1.54) is 18.2 Å². The molecule has 0 saturated carbocycles. The quantitative estimate of drug-likeness (QED) is 0.499. The minimum Gasteiger partial charge on any atom is -0.326 e. The Bertz CT molecular complexity index is 1460. The Kier molecular flexibility index (Phi) is 5.57. The van der Waals surface area contributed by atoms with Crippen LogP contribution in [0.15, 0.2) is 52.1 Å². The zero-order chi connectivity index (χ0) is 25.0. The largest absolute Gasteiger partial charge is 0.425 e. The van der Waals surface area contributed by atoms with Crippen LogP contribution in [0.25, 0.3) is 5.69 Å². The number of halogens is 5. The summed E-state index contributed by atoms with van der Waals surface area (Å²) in [5, 5.41) is 3.42. The molecule has 1 atom stereocenters. The van der Waals surface area contributed by atoms with Gasteiger partial charge in [-0.25, -0.2) is 9.36 Å². The molecule has 4 rings (SSSR count). The first kappa shape index (κ1) is 23.6. The van der Waals surface area contributed by atoms with Gasteiger partial charge in [0.25, 0.3) is 22.9 Å². The Morgan fingerprint density at radius 3 is 2.29 bits per heavy atom. The molecular weight excluding hydrogens is 500 g/mol. The number of anilines is 1. The molecule has 0 aliphatic carbocycles. The van der Waals surface area contributed by atoms with Crippen LogP contribution in [0.1, 0.15) is 21.5 Å². The summed E-state index contributed by atoms with van der Waals surface area (Å²) in [6.45, 7) is 1.75. The minimum atomic E-state index is -5.49. The number of hydrogen-bond acceptors (Lipinski definition) is 4. The van der Waals surface area contributed by atoms with Crippen molar-refractivity contribution in [1.82, 2.24) is 14.9 Å². The number of nitrogens with one attached hydrogen (secondary N) is 3. The zero-order valence-electron chi connectivity index (χ0n) is 17.0. The van der Waals surface area contributed by atoms with Crippen molar-refractivity contribution in [1.29, 1.82) is 0 Å². The smallest absolute Gasteiger partial charge is 0.326 e. The van der Waals surface area contributed by atoms with Gasteiger partial charge in [0, 0.05) is 5.02 Å². The normalized spacial score (nSPS) is 17.3. The van der Waals surface area contributed by atoms with E-state index in [0.29, 0.717) is 4.57 Å².